The van der Waals surface area contributed by atoms with E-state index in [0.717, 1.165) is 64.2 Å². The van der Waals surface area contributed by atoms with Crippen molar-refractivity contribution in [2.24, 2.45) is 9.98 Å². The van der Waals surface area contributed by atoms with Crippen molar-refractivity contribution in [1.29, 1.82) is 0 Å². The number of likely N-dealkylation sites (N-methyl/N-ethyl adjacent to an activating group) is 2. The number of rotatable bonds is 15. The van der Waals surface area contributed by atoms with E-state index in [2.05, 4.69) is 81.6 Å². The topological polar surface area (TPSA) is 46.9 Å². The molecule has 1 saturated heterocycles. The van der Waals surface area contributed by atoms with Crippen LogP contribution in [0.15, 0.2) is 20.5 Å². The summed E-state index contributed by atoms with van der Waals surface area (Å²) in [5.74, 6) is 0. The normalized spacial score (nSPS) is 19.3. The van der Waals surface area contributed by atoms with Crippen molar-refractivity contribution in [2.45, 2.75) is 84.8 Å². The first-order valence-corrected chi connectivity index (χ1v) is 15.0. The van der Waals surface area contributed by atoms with Crippen LogP contribution in [-0.4, -0.2) is 123 Å². The molecule has 0 spiro atoms. The lowest BCUT2D eigenvalue weighted by atomic mass is 10.00. The van der Waals surface area contributed by atoms with Crippen molar-refractivity contribution in [1.82, 2.24) is 19.6 Å². The minimum absolute atomic E-state index is 0.536. The Kier molecular flexibility index (Phi) is 14.6. The van der Waals surface area contributed by atoms with Crippen molar-refractivity contribution in [2.75, 3.05) is 73.7 Å². The van der Waals surface area contributed by atoms with Crippen LogP contribution in [0.5, 0.6) is 0 Å². The zero-order valence-corrected chi connectivity index (χ0v) is 25.3. The van der Waals surface area contributed by atoms with E-state index in [-0.39, 0.29) is 0 Å². The summed E-state index contributed by atoms with van der Waals surface area (Å²) in [5.41, 5.74) is 1.27. The maximum atomic E-state index is 5.50. The molecule has 0 bridgehead atoms. The molecule has 2 unspecified atom stereocenters. The van der Waals surface area contributed by atoms with Crippen molar-refractivity contribution >= 4 is 23.1 Å². The Morgan fingerprint density at radius 2 is 1.75 bits per heavy atom. The predicted octanol–water partition coefficient (Wildman–Crippen LogP) is 4.66. The van der Waals surface area contributed by atoms with Crippen LogP contribution in [0, 0.1) is 0 Å². The molecule has 7 nitrogen and oxygen atoms in total. The van der Waals surface area contributed by atoms with E-state index in [4.69, 9.17) is 14.7 Å². The molecule has 1 fully saturated rings. The van der Waals surface area contributed by atoms with E-state index >= 15 is 0 Å². The number of hydrogen-bond acceptors (Lipinski definition) is 8. The fourth-order valence-corrected chi connectivity index (χ4v) is 6.56. The van der Waals surface area contributed by atoms with Crippen LogP contribution >= 0.6 is 11.8 Å². The van der Waals surface area contributed by atoms with E-state index in [9.17, 15) is 0 Å². The monoisotopic (exact) mass is 522 g/mol. The van der Waals surface area contributed by atoms with Crippen molar-refractivity contribution in [3.05, 3.63) is 10.5 Å². The largest absolute Gasteiger partial charge is 0.378 e. The molecule has 0 aliphatic carbocycles. The first-order valence-electron chi connectivity index (χ1n) is 14.2. The minimum Gasteiger partial charge on any atom is -0.378 e. The SMILES string of the molecule is CCCC(CN(C)C/N=C/C1=C(CC)SC(N2CCOCC2)=NC1)N(C(C)CN(C)C)C(CC)CC. The fourth-order valence-electron chi connectivity index (χ4n) is 5.51. The highest BCUT2D eigenvalue weighted by molar-refractivity contribution is 8.17. The molecule has 8 heteroatoms. The van der Waals surface area contributed by atoms with Crippen LogP contribution < -0.4 is 0 Å². The Morgan fingerprint density at radius 3 is 2.33 bits per heavy atom. The maximum absolute atomic E-state index is 5.50. The molecular formula is C28H54N6OS. The Hall–Kier alpha value is -0.930. The van der Waals surface area contributed by atoms with Gasteiger partial charge in [0.05, 0.1) is 26.4 Å². The van der Waals surface area contributed by atoms with Crippen LogP contribution in [0.25, 0.3) is 0 Å². The molecule has 0 aromatic heterocycles. The lowest BCUT2D eigenvalue weighted by Crippen LogP contribution is -2.54. The first-order chi connectivity index (χ1) is 17.3. The molecule has 2 heterocycles. The summed E-state index contributed by atoms with van der Waals surface area (Å²) < 4.78 is 5.50. The maximum Gasteiger partial charge on any atom is 0.164 e. The van der Waals surface area contributed by atoms with Gasteiger partial charge in [0.1, 0.15) is 0 Å². The van der Waals surface area contributed by atoms with Crippen LogP contribution in [0.2, 0.25) is 0 Å². The number of aliphatic imine (C=N–C) groups is 2. The molecule has 208 valence electrons. The van der Waals surface area contributed by atoms with Crippen LogP contribution in [-0.2, 0) is 4.74 Å². The van der Waals surface area contributed by atoms with Gasteiger partial charge in [0, 0.05) is 56.1 Å². The van der Waals surface area contributed by atoms with Gasteiger partial charge in [-0.15, -0.1) is 0 Å². The third-order valence-electron chi connectivity index (χ3n) is 7.20. The summed E-state index contributed by atoms with van der Waals surface area (Å²) in [5, 5.41) is 1.15. The van der Waals surface area contributed by atoms with Gasteiger partial charge in [-0.2, -0.15) is 0 Å². The molecule has 2 aliphatic rings. The number of morpholine rings is 1. The van der Waals surface area contributed by atoms with E-state index in [1.807, 2.05) is 11.8 Å². The van der Waals surface area contributed by atoms with E-state index in [0.29, 0.717) is 18.1 Å². The van der Waals surface area contributed by atoms with Gasteiger partial charge in [-0.25, -0.2) is 0 Å². The second-order valence-electron chi connectivity index (χ2n) is 10.6. The van der Waals surface area contributed by atoms with Crippen molar-refractivity contribution < 1.29 is 4.74 Å². The van der Waals surface area contributed by atoms with Crippen molar-refractivity contribution in [3.63, 3.8) is 0 Å². The quantitative estimate of drug-likeness (QED) is 0.292. The summed E-state index contributed by atoms with van der Waals surface area (Å²) in [7, 11) is 6.60. The Bertz CT molecular complexity index is 715. The summed E-state index contributed by atoms with van der Waals surface area (Å²) in [4.78, 5) is 21.1. The molecule has 0 radical (unpaired) electrons. The molecule has 0 N–H and O–H groups in total. The lowest BCUT2D eigenvalue weighted by molar-refractivity contribution is 0.0448. The number of amidine groups is 1. The van der Waals surface area contributed by atoms with Gasteiger partial charge in [-0.1, -0.05) is 45.9 Å². The molecule has 0 amide bonds. The van der Waals surface area contributed by atoms with E-state index in [1.54, 1.807) is 0 Å². The predicted molar refractivity (Wildman–Crippen MR) is 159 cm³/mol. The zero-order chi connectivity index (χ0) is 26.5. The van der Waals surface area contributed by atoms with E-state index in [1.165, 1.54) is 36.2 Å². The molecule has 2 atom stereocenters. The number of ether oxygens (including phenoxy) is 1. The van der Waals surface area contributed by atoms with Gasteiger partial charge in [-0.3, -0.25) is 19.8 Å². The number of thioether (sulfide) groups is 1. The zero-order valence-electron chi connectivity index (χ0n) is 24.5. The third kappa shape index (κ3) is 9.75. The average molecular weight is 523 g/mol. The molecular weight excluding hydrogens is 468 g/mol. The van der Waals surface area contributed by atoms with Crippen LogP contribution in [0.1, 0.15) is 66.7 Å². The van der Waals surface area contributed by atoms with Crippen LogP contribution in [0.4, 0.5) is 0 Å². The van der Waals surface area contributed by atoms with Gasteiger partial charge in [0.2, 0.25) is 0 Å². The second-order valence-corrected chi connectivity index (χ2v) is 11.6. The second kappa shape index (κ2) is 16.8. The summed E-state index contributed by atoms with van der Waals surface area (Å²) >= 11 is 1.83. The summed E-state index contributed by atoms with van der Waals surface area (Å²) in [6.07, 6.45) is 7.95. The Labute approximate surface area is 226 Å². The van der Waals surface area contributed by atoms with E-state index < -0.39 is 0 Å². The van der Waals surface area contributed by atoms with Gasteiger partial charge in [0.25, 0.3) is 0 Å². The average Bonchev–Trinajstić information content (AvgIpc) is 2.87. The number of hydrogen-bond donors (Lipinski definition) is 0. The highest BCUT2D eigenvalue weighted by Crippen LogP contribution is 2.30. The smallest absolute Gasteiger partial charge is 0.164 e. The molecule has 2 aliphatic heterocycles. The van der Waals surface area contributed by atoms with Gasteiger partial charge in [-0.05, 0) is 58.7 Å². The molecule has 0 saturated carbocycles. The summed E-state index contributed by atoms with van der Waals surface area (Å²) in [6.45, 7) is 18.7. The Balaban J connectivity index is 2.01. The first kappa shape index (κ1) is 31.3. The van der Waals surface area contributed by atoms with Gasteiger partial charge in [0.15, 0.2) is 5.17 Å². The summed E-state index contributed by atoms with van der Waals surface area (Å²) in [6, 6.07) is 1.71. The number of nitrogens with zero attached hydrogens (tertiary/aromatic N) is 6. The van der Waals surface area contributed by atoms with Gasteiger partial charge >= 0.3 is 0 Å². The standard InChI is InChI=1S/C28H54N6OS/c1-9-13-26(34(25(10-2)11-3)23(5)20-31(6)7)21-32(8)22-29-18-24-19-30-28(36-27(24)12-4)33-14-16-35-17-15-33/h18,23,25-26H,9-17,19-22H2,1-8H3/b29-18+. The minimum atomic E-state index is 0.536. The number of allylic oxidation sites excluding steroid dienone is 1. The third-order valence-corrected chi connectivity index (χ3v) is 8.57. The Morgan fingerprint density at radius 1 is 1.06 bits per heavy atom. The van der Waals surface area contributed by atoms with Crippen molar-refractivity contribution in [3.8, 4) is 0 Å². The molecule has 0 aromatic rings. The fraction of sp³-hybridized carbons (Fsp3) is 0.857. The van der Waals surface area contributed by atoms with Gasteiger partial charge < -0.3 is 14.5 Å². The molecule has 0 aromatic carbocycles. The lowest BCUT2D eigenvalue weighted by Gasteiger charge is -2.44. The molecule has 36 heavy (non-hydrogen) atoms. The highest BCUT2D eigenvalue weighted by Gasteiger charge is 2.29. The van der Waals surface area contributed by atoms with Crippen LogP contribution in [0.3, 0.4) is 0 Å². The highest BCUT2D eigenvalue weighted by atomic mass is 32.2. The molecule has 2 rings (SSSR count).